The third kappa shape index (κ3) is 5.84. The number of nitriles is 1. The largest absolute Gasteiger partial charge is 0.462 e. The van der Waals surface area contributed by atoms with Gasteiger partial charge in [0.2, 0.25) is 0 Å². The summed E-state index contributed by atoms with van der Waals surface area (Å²) in [6.07, 6.45) is 5.85. The van der Waals surface area contributed by atoms with Crippen molar-refractivity contribution in [3.05, 3.63) is 63.5 Å². The van der Waals surface area contributed by atoms with Crippen LogP contribution in [-0.2, 0) is 9.53 Å². The summed E-state index contributed by atoms with van der Waals surface area (Å²) in [5.74, 6) is -1.04. The van der Waals surface area contributed by atoms with E-state index in [1.807, 2.05) is 41.5 Å². The van der Waals surface area contributed by atoms with Gasteiger partial charge in [0.1, 0.15) is 5.83 Å². The van der Waals surface area contributed by atoms with Gasteiger partial charge in [0.05, 0.1) is 18.2 Å². The molecule has 0 radical (unpaired) electrons. The minimum Gasteiger partial charge on any atom is -0.462 e. The molecule has 2 rings (SSSR count). The maximum atomic E-state index is 13.7. The van der Waals surface area contributed by atoms with Crippen LogP contribution in [0.2, 0.25) is 0 Å². The molecule has 160 valence electrons. The second-order valence-electron chi connectivity index (χ2n) is 8.91. The Balaban J connectivity index is 2.65. The maximum absolute atomic E-state index is 13.7. The molecular formula is C25H31FN2O2. The number of hydrogen-bond acceptors (Lipinski definition) is 4. The molecule has 2 aliphatic rings. The molecule has 5 heteroatoms. The van der Waals surface area contributed by atoms with E-state index in [1.165, 1.54) is 6.08 Å². The van der Waals surface area contributed by atoms with Gasteiger partial charge >= 0.3 is 5.97 Å². The molecule has 0 aromatic rings. The van der Waals surface area contributed by atoms with E-state index in [4.69, 9.17) is 4.74 Å². The maximum Gasteiger partial charge on any atom is 0.336 e. The molecule has 4 nitrogen and oxygen atoms in total. The molecule has 1 atom stereocenters. The summed E-state index contributed by atoms with van der Waals surface area (Å²) in [5, 5.41) is 13.0. The van der Waals surface area contributed by atoms with Gasteiger partial charge in [0, 0.05) is 34.9 Å². The number of ether oxygens (including phenoxy) is 1. The van der Waals surface area contributed by atoms with Crippen LogP contribution in [0.3, 0.4) is 0 Å². The average molecular weight is 411 g/mol. The number of carbonyl (C=O) groups excluding carboxylic acids is 1. The van der Waals surface area contributed by atoms with E-state index in [2.05, 4.69) is 17.1 Å². The van der Waals surface area contributed by atoms with Crippen molar-refractivity contribution in [2.75, 3.05) is 6.61 Å². The number of nitrogens with zero attached hydrogens (tertiary/aromatic N) is 1. The number of carbonyl (C=O) groups is 1. The van der Waals surface area contributed by atoms with Gasteiger partial charge in [-0.3, -0.25) is 0 Å². The summed E-state index contributed by atoms with van der Waals surface area (Å²) in [4.78, 5) is 13.3. The Bertz CT molecular complexity index is 943. The Hall–Kier alpha value is -2.83. The number of hydrogen-bond donors (Lipinski definition) is 1. The minimum absolute atomic E-state index is 0.167. The number of nitrogens with one attached hydrogen (secondary N) is 1. The quantitative estimate of drug-likeness (QED) is 0.461. The van der Waals surface area contributed by atoms with Gasteiger partial charge in [-0.05, 0) is 49.8 Å². The zero-order valence-electron chi connectivity index (χ0n) is 18.8. The number of allylic oxidation sites excluding steroid dienone is 8. The lowest BCUT2D eigenvalue weighted by Crippen LogP contribution is -2.26. The van der Waals surface area contributed by atoms with Gasteiger partial charge in [-0.25, -0.2) is 9.18 Å². The van der Waals surface area contributed by atoms with E-state index in [1.54, 1.807) is 12.2 Å². The molecule has 0 saturated carbocycles. The molecule has 1 heterocycles. The molecule has 1 N–H and O–H groups in total. The third-order valence-corrected chi connectivity index (χ3v) is 5.10. The second-order valence-corrected chi connectivity index (χ2v) is 8.91. The van der Waals surface area contributed by atoms with Crippen molar-refractivity contribution in [2.24, 2.45) is 11.3 Å². The lowest BCUT2D eigenvalue weighted by molar-refractivity contribution is -0.142. The first-order chi connectivity index (χ1) is 14.1. The monoisotopic (exact) mass is 410 g/mol. The molecule has 1 aliphatic carbocycles. The Morgan fingerprint density at radius 3 is 2.70 bits per heavy atom. The van der Waals surface area contributed by atoms with Gasteiger partial charge in [-0.1, -0.05) is 33.8 Å². The van der Waals surface area contributed by atoms with E-state index >= 15 is 0 Å². The van der Waals surface area contributed by atoms with Crippen LogP contribution in [0.25, 0.3) is 0 Å². The molecule has 1 aliphatic heterocycles. The molecule has 1 unspecified atom stereocenters. The van der Waals surface area contributed by atoms with Crippen LogP contribution in [0.15, 0.2) is 63.5 Å². The average Bonchev–Trinajstić information content (AvgIpc) is 2.81. The van der Waals surface area contributed by atoms with Crippen LogP contribution in [0.4, 0.5) is 4.39 Å². The molecule has 0 aromatic carbocycles. The van der Waals surface area contributed by atoms with Gasteiger partial charge in [0.15, 0.2) is 0 Å². The highest BCUT2D eigenvalue weighted by Crippen LogP contribution is 2.37. The van der Waals surface area contributed by atoms with Crippen molar-refractivity contribution in [3.63, 3.8) is 0 Å². The van der Waals surface area contributed by atoms with Crippen molar-refractivity contribution in [1.82, 2.24) is 5.32 Å². The summed E-state index contributed by atoms with van der Waals surface area (Å²) < 4.78 is 19.4. The zero-order chi connectivity index (χ0) is 22.5. The fourth-order valence-corrected chi connectivity index (χ4v) is 3.46. The van der Waals surface area contributed by atoms with Crippen molar-refractivity contribution in [3.8, 4) is 6.07 Å². The molecule has 30 heavy (non-hydrogen) atoms. The summed E-state index contributed by atoms with van der Waals surface area (Å²) >= 11 is 0. The lowest BCUT2D eigenvalue weighted by Gasteiger charge is -2.25. The molecule has 0 spiro atoms. The van der Waals surface area contributed by atoms with E-state index in [9.17, 15) is 14.4 Å². The highest BCUT2D eigenvalue weighted by Gasteiger charge is 2.33. The number of rotatable bonds is 4. The van der Waals surface area contributed by atoms with Gasteiger partial charge in [0.25, 0.3) is 0 Å². The molecule has 0 bridgehead atoms. The highest BCUT2D eigenvalue weighted by molar-refractivity contribution is 5.91. The van der Waals surface area contributed by atoms with E-state index in [0.29, 0.717) is 24.0 Å². The van der Waals surface area contributed by atoms with Gasteiger partial charge in [-0.15, -0.1) is 5.73 Å². The van der Waals surface area contributed by atoms with Crippen LogP contribution in [0.5, 0.6) is 0 Å². The van der Waals surface area contributed by atoms with Crippen molar-refractivity contribution < 1.29 is 13.9 Å². The third-order valence-electron chi connectivity index (χ3n) is 5.10. The van der Waals surface area contributed by atoms with E-state index in [-0.39, 0.29) is 24.3 Å². The zero-order valence-corrected chi connectivity index (χ0v) is 18.8. The smallest absolute Gasteiger partial charge is 0.336 e. The van der Waals surface area contributed by atoms with Crippen molar-refractivity contribution >= 4 is 5.97 Å². The first-order valence-electron chi connectivity index (χ1n) is 10.3. The Morgan fingerprint density at radius 1 is 1.40 bits per heavy atom. The standard InChI is InChI=1S/C25H31FN2O2/c1-7-22-23(24(29)30-15-25(4,5)6)21(13-18(14-27)17(3)28-22)20-10-8-9-19(26)12-11-16(20)2/h8-9,11,21,28H,7,12-13,15H2,1-6H3/b16-11-,19-9+. The molecular weight excluding hydrogens is 379 g/mol. The van der Waals surface area contributed by atoms with Crippen molar-refractivity contribution in [1.29, 1.82) is 5.26 Å². The van der Waals surface area contributed by atoms with Crippen LogP contribution in [0, 0.1) is 22.7 Å². The molecule has 0 amide bonds. The highest BCUT2D eigenvalue weighted by atomic mass is 19.1. The first-order valence-corrected chi connectivity index (χ1v) is 10.3. The summed E-state index contributed by atoms with van der Waals surface area (Å²) in [6.45, 7) is 12.0. The van der Waals surface area contributed by atoms with Crippen LogP contribution in [0.1, 0.15) is 60.8 Å². The summed E-state index contributed by atoms with van der Waals surface area (Å²) in [5.41, 5.74) is 7.19. The minimum atomic E-state index is -0.408. The predicted molar refractivity (Wildman–Crippen MR) is 116 cm³/mol. The first kappa shape index (κ1) is 23.4. The lowest BCUT2D eigenvalue weighted by atomic mass is 9.81. The molecule has 0 fully saturated rings. The Morgan fingerprint density at radius 2 is 2.10 bits per heavy atom. The van der Waals surface area contributed by atoms with Crippen LogP contribution >= 0.6 is 0 Å². The van der Waals surface area contributed by atoms with Crippen LogP contribution < -0.4 is 5.32 Å². The summed E-state index contributed by atoms with van der Waals surface area (Å²) in [6, 6.07) is 2.27. The molecule has 0 saturated heterocycles. The van der Waals surface area contributed by atoms with Crippen molar-refractivity contribution in [2.45, 2.75) is 60.8 Å². The number of halogens is 1. The predicted octanol–water partition coefficient (Wildman–Crippen LogP) is 5.93. The second kappa shape index (κ2) is 9.78. The number of esters is 1. The fraction of sp³-hybridized carbons (Fsp3) is 0.480. The Kier molecular flexibility index (Phi) is 7.65. The topological polar surface area (TPSA) is 62.1 Å². The Labute approximate surface area is 179 Å². The van der Waals surface area contributed by atoms with E-state index in [0.717, 1.165) is 22.5 Å². The van der Waals surface area contributed by atoms with Gasteiger partial charge in [-0.2, -0.15) is 5.26 Å². The fourth-order valence-electron chi connectivity index (χ4n) is 3.46. The molecule has 0 aromatic heterocycles. The normalized spacial score (nSPS) is 23.7. The van der Waals surface area contributed by atoms with E-state index < -0.39 is 11.9 Å². The SMILES string of the molecule is CCC1=C(C(=O)OCC(C)(C)C)C(C2=C=C/C=C(/F)C/C=C\2C)CC(C#N)=C(C)N1. The summed E-state index contributed by atoms with van der Waals surface area (Å²) in [7, 11) is 0. The van der Waals surface area contributed by atoms with Gasteiger partial charge < -0.3 is 10.1 Å². The van der Waals surface area contributed by atoms with Crippen LogP contribution in [-0.4, -0.2) is 12.6 Å².